The predicted octanol–water partition coefficient (Wildman–Crippen LogP) is 2.02. The normalized spacial score (nSPS) is 27.3. The van der Waals surface area contributed by atoms with Crippen LogP contribution in [-0.4, -0.2) is 43.2 Å². The van der Waals surface area contributed by atoms with Gasteiger partial charge in [0.15, 0.2) is 0 Å². The summed E-state index contributed by atoms with van der Waals surface area (Å²) in [6, 6.07) is 8.59. The van der Waals surface area contributed by atoms with Crippen molar-refractivity contribution in [2.75, 3.05) is 24.2 Å². The molecule has 5 nitrogen and oxygen atoms in total. The molecule has 0 saturated carbocycles. The Morgan fingerprint density at radius 1 is 1.33 bits per heavy atom. The first-order valence-electron chi connectivity index (χ1n) is 8.55. The molecular formula is C18H25N3O2S. The van der Waals surface area contributed by atoms with Crippen LogP contribution in [0.1, 0.15) is 26.2 Å². The molecule has 3 atom stereocenters. The van der Waals surface area contributed by atoms with Gasteiger partial charge < -0.3 is 15.5 Å². The van der Waals surface area contributed by atoms with Crippen molar-refractivity contribution in [2.45, 2.75) is 43.2 Å². The van der Waals surface area contributed by atoms with E-state index >= 15 is 0 Å². The van der Waals surface area contributed by atoms with E-state index < -0.39 is 0 Å². The lowest BCUT2D eigenvalue weighted by molar-refractivity contribution is -0.127. The summed E-state index contributed by atoms with van der Waals surface area (Å²) in [5, 5.41) is 6.53. The third kappa shape index (κ3) is 3.92. The maximum Gasteiger partial charge on any atom is 0.227 e. The number of hydrogen-bond acceptors (Lipinski definition) is 4. The van der Waals surface area contributed by atoms with Gasteiger partial charge in [0.1, 0.15) is 0 Å². The highest BCUT2D eigenvalue weighted by Gasteiger charge is 2.36. The third-order valence-corrected chi connectivity index (χ3v) is 5.59. The van der Waals surface area contributed by atoms with Crippen molar-refractivity contribution in [3.63, 3.8) is 0 Å². The van der Waals surface area contributed by atoms with Crippen molar-refractivity contribution in [3.8, 4) is 0 Å². The van der Waals surface area contributed by atoms with E-state index in [9.17, 15) is 9.59 Å². The maximum atomic E-state index is 12.5. The lowest BCUT2D eigenvalue weighted by atomic mass is 9.99. The zero-order chi connectivity index (χ0) is 17.1. The third-order valence-electron chi connectivity index (χ3n) is 4.85. The molecular weight excluding hydrogens is 322 g/mol. The Hall–Kier alpha value is -1.53. The maximum absolute atomic E-state index is 12.5. The molecule has 1 aromatic rings. The van der Waals surface area contributed by atoms with Crippen molar-refractivity contribution in [2.24, 2.45) is 5.92 Å². The van der Waals surface area contributed by atoms with Crippen molar-refractivity contribution < 1.29 is 9.59 Å². The summed E-state index contributed by atoms with van der Waals surface area (Å²) in [4.78, 5) is 27.8. The Bertz CT molecular complexity index is 605. The fourth-order valence-corrected chi connectivity index (χ4v) is 3.89. The van der Waals surface area contributed by atoms with Crippen LogP contribution in [0, 0.1) is 5.92 Å². The van der Waals surface area contributed by atoms with Gasteiger partial charge in [-0.1, -0.05) is 0 Å². The number of carbonyl (C=O) groups is 2. The number of rotatable bonds is 4. The summed E-state index contributed by atoms with van der Waals surface area (Å²) in [5.74, 6) is -0.195. The first kappa shape index (κ1) is 17.3. The number of carbonyl (C=O) groups excluding carboxylic acids is 2. The van der Waals surface area contributed by atoms with Gasteiger partial charge >= 0.3 is 0 Å². The monoisotopic (exact) mass is 347 g/mol. The molecule has 2 amide bonds. The van der Waals surface area contributed by atoms with Crippen LogP contribution in [-0.2, 0) is 9.59 Å². The van der Waals surface area contributed by atoms with Gasteiger partial charge in [-0.25, -0.2) is 0 Å². The van der Waals surface area contributed by atoms with Crippen LogP contribution < -0.4 is 15.5 Å². The molecule has 0 spiro atoms. The van der Waals surface area contributed by atoms with Crippen molar-refractivity contribution in [1.82, 2.24) is 10.6 Å². The zero-order valence-electron chi connectivity index (χ0n) is 14.2. The van der Waals surface area contributed by atoms with Gasteiger partial charge in [0.25, 0.3) is 0 Å². The van der Waals surface area contributed by atoms with Gasteiger partial charge in [0.2, 0.25) is 11.8 Å². The van der Waals surface area contributed by atoms with Crippen LogP contribution in [0.5, 0.6) is 0 Å². The van der Waals surface area contributed by atoms with Gasteiger partial charge in [0.05, 0.1) is 5.92 Å². The van der Waals surface area contributed by atoms with Crippen LogP contribution in [0.25, 0.3) is 0 Å². The molecule has 0 aliphatic carbocycles. The summed E-state index contributed by atoms with van der Waals surface area (Å²) in [6.45, 7) is 3.55. The second-order valence-corrected chi connectivity index (χ2v) is 7.57. The van der Waals surface area contributed by atoms with E-state index in [1.807, 2.05) is 30.5 Å². The summed E-state index contributed by atoms with van der Waals surface area (Å²) in [7, 11) is 0. The lowest BCUT2D eigenvalue weighted by Gasteiger charge is -2.29. The minimum Gasteiger partial charge on any atom is -0.353 e. The number of nitrogens with one attached hydrogen (secondary N) is 2. The largest absolute Gasteiger partial charge is 0.353 e. The number of hydrogen-bond donors (Lipinski definition) is 2. The lowest BCUT2D eigenvalue weighted by Crippen LogP contribution is -2.48. The Labute approximate surface area is 147 Å². The molecule has 130 valence electrons. The number of piperidine rings is 1. The van der Waals surface area contributed by atoms with Crippen LogP contribution in [0.4, 0.5) is 5.69 Å². The second kappa shape index (κ2) is 7.57. The number of benzene rings is 1. The summed E-state index contributed by atoms with van der Waals surface area (Å²) in [5.41, 5.74) is 0.878. The number of anilines is 1. The van der Waals surface area contributed by atoms with Crippen LogP contribution in [0.3, 0.4) is 0 Å². The Morgan fingerprint density at radius 3 is 2.75 bits per heavy atom. The van der Waals surface area contributed by atoms with Crippen molar-refractivity contribution >= 4 is 29.3 Å². The first-order valence-corrected chi connectivity index (χ1v) is 9.77. The number of amides is 2. The molecule has 1 aromatic carbocycles. The van der Waals surface area contributed by atoms with Gasteiger partial charge in [-0.3, -0.25) is 9.59 Å². The van der Waals surface area contributed by atoms with E-state index in [1.165, 1.54) is 4.90 Å². The molecule has 2 heterocycles. The zero-order valence-corrected chi connectivity index (χ0v) is 15.1. The van der Waals surface area contributed by atoms with Crippen LogP contribution >= 0.6 is 11.8 Å². The highest BCUT2D eigenvalue weighted by molar-refractivity contribution is 7.98. The molecule has 3 rings (SSSR count). The van der Waals surface area contributed by atoms with Crippen LogP contribution in [0.2, 0.25) is 0 Å². The SMILES string of the molecule is CSc1ccc(N2CC(C(=O)NC3CCNC(C)C3)CC2=O)cc1. The number of nitrogens with zero attached hydrogens (tertiary/aromatic N) is 1. The van der Waals surface area contributed by atoms with Crippen molar-refractivity contribution in [3.05, 3.63) is 24.3 Å². The smallest absolute Gasteiger partial charge is 0.227 e. The standard InChI is InChI=1S/C18H25N3O2S/c1-12-9-14(7-8-19-12)20-18(23)13-10-17(22)21(11-13)15-3-5-16(24-2)6-4-15/h3-6,12-14,19H,7-11H2,1-2H3,(H,20,23). The van der Waals surface area contributed by atoms with Gasteiger partial charge in [0, 0.05) is 35.6 Å². The summed E-state index contributed by atoms with van der Waals surface area (Å²) < 4.78 is 0. The molecule has 24 heavy (non-hydrogen) atoms. The molecule has 6 heteroatoms. The van der Waals surface area contributed by atoms with Crippen molar-refractivity contribution in [1.29, 1.82) is 0 Å². The fraction of sp³-hybridized carbons (Fsp3) is 0.556. The quantitative estimate of drug-likeness (QED) is 0.818. The van der Waals surface area contributed by atoms with E-state index in [0.717, 1.165) is 25.1 Å². The average Bonchev–Trinajstić information content (AvgIpc) is 2.97. The molecule has 3 unspecified atom stereocenters. The van der Waals surface area contributed by atoms with Gasteiger partial charge in [-0.2, -0.15) is 0 Å². The molecule has 2 aliphatic rings. The molecule has 2 fully saturated rings. The highest BCUT2D eigenvalue weighted by atomic mass is 32.2. The summed E-state index contributed by atoms with van der Waals surface area (Å²) >= 11 is 1.67. The molecule has 0 aromatic heterocycles. The van der Waals surface area contributed by atoms with Gasteiger partial charge in [-0.15, -0.1) is 11.8 Å². The Morgan fingerprint density at radius 2 is 2.08 bits per heavy atom. The molecule has 2 saturated heterocycles. The van der Waals surface area contributed by atoms with E-state index in [0.29, 0.717) is 19.0 Å². The van der Waals surface area contributed by atoms with E-state index in [-0.39, 0.29) is 23.8 Å². The van der Waals surface area contributed by atoms with Crippen LogP contribution in [0.15, 0.2) is 29.2 Å². The fourth-order valence-electron chi connectivity index (χ4n) is 3.48. The first-order chi connectivity index (χ1) is 11.6. The average molecular weight is 347 g/mol. The molecule has 2 N–H and O–H groups in total. The number of thioether (sulfide) groups is 1. The topological polar surface area (TPSA) is 61.4 Å². The van der Waals surface area contributed by atoms with E-state index in [1.54, 1.807) is 16.7 Å². The Balaban J connectivity index is 1.60. The second-order valence-electron chi connectivity index (χ2n) is 6.69. The molecule has 0 radical (unpaired) electrons. The summed E-state index contributed by atoms with van der Waals surface area (Å²) in [6.07, 6.45) is 4.23. The predicted molar refractivity (Wildman–Crippen MR) is 97.3 cm³/mol. The van der Waals surface area contributed by atoms with E-state index in [4.69, 9.17) is 0 Å². The minimum absolute atomic E-state index is 0.0192. The Kier molecular flexibility index (Phi) is 5.46. The molecule has 2 aliphatic heterocycles. The van der Waals surface area contributed by atoms with E-state index in [2.05, 4.69) is 17.6 Å². The van der Waals surface area contributed by atoms with Gasteiger partial charge in [-0.05, 0) is 56.8 Å². The minimum atomic E-state index is -0.247. The highest BCUT2D eigenvalue weighted by Crippen LogP contribution is 2.27. The molecule has 0 bridgehead atoms.